The molecule has 0 saturated heterocycles. The number of carboxylic acids is 1. The fraction of sp³-hybridized carbons (Fsp3) is 0.500. The van der Waals surface area contributed by atoms with Crippen LogP contribution in [0.5, 0.6) is 0 Å². The van der Waals surface area contributed by atoms with Gasteiger partial charge in [-0.05, 0) is 42.9 Å². The highest BCUT2D eigenvalue weighted by atomic mass is 32.2. The third-order valence-corrected chi connectivity index (χ3v) is 4.63. The first kappa shape index (κ1) is 18.9. The monoisotopic (exact) mass is 341 g/mol. The van der Waals surface area contributed by atoms with E-state index < -0.39 is 12.0 Å². The summed E-state index contributed by atoms with van der Waals surface area (Å²) >= 11 is 5.82. The van der Waals surface area contributed by atoms with Crippen LogP contribution in [0.4, 0.5) is 0 Å². The molecule has 2 atom stereocenters. The Morgan fingerprint density at radius 3 is 2.59 bits per heavy atom. The molecule has 6 heteroatoms. The van der Waals surface area contributed by atoms with Crippen LogP contribution in [-0.2, 0) is 16.0 Å². The molecule has 2 N–H and O–H groups in total. The summed E-state index contributed by atoms with van der Waals surface area (Å²) in [7, 11) is 0. The molecular formula is C16H23NO3S2. The molecule has 0 spiro atoms. The highest BCUT2D eigenvalue weighted by Crippen LogP contribution is 2.15. The number of nitrogens with one attached hydrogen (secondary N) is 1. The van der Waals surface area contributed by atoms with Gasteiger partial charge in [-0.1, -0.05) is 24.3 Å². The minimum absolute atomic E-state index is 0.244. The summed E-state index contributed by atoms with van der Waals surface area (Å²) in [5.41, 5.74) is 2.21. The summed E-state index contributed by atoms with van der Waals surface area (Å²) in [6.07, 6.45) is 2.90. The summed E-state index contributed by atoms with van der Waals surface area (Å²) in [5.74, 6) is -0.487. The van der Waals surface area contributed by atoms with E-state index in [4.69, 9.17) is 0 Å². The van der Waals surface area contributed by atoms with E-state index in [-0.39, 0.29) is 11.8 Å². The quantitative estimate of drug-likeness (QED) is 0.604. The number of hydrogen-bond donors (Lipinski definition) is 3. The third kappa shape index (κ3) is 5.93. The number of carboxylic acid groups (broad SMARTS) is 1. The molecule has 1 aromatic carbocycles. The van der Waals surface area contributed by atoms with E-state index >= 15 is 0 Å². The van der Waals surface area contributed by atoms with Gasteiger partial charge in [0.15, 0.2) is 0 Å². The van der Waals surface area contributed by atoms with Gasteiger partial charge in [-0.25, -0.2) is 4.79 Å². The van der Waals surface area contributed by atoms with E-state index in [1.54, 1.807) is 11.8 Å². The minimum atomic E-state index is -0.990. The van der Waals surface area contributed by atoms with Gasteiger partial charge in [0, 0.05) is 5.75 Å². The number of aliphatic carboxylic acids is 1. The molecule has 0 aliphatic heterocycles. The van der Waals surface area contributed by atoms with E-state index in [1.165, 1.54) is 0 Å². The van der Waals surface area contributed by atoms with Gasteiger partial charge in [0.25, 0.3) is 0 Å². The molecule has 1 amide bonds. The Morgan fingerprint density at radius 2 is 2.05 bits per heavy atom. The Morgan fingerprint density at radius 1 is 1.36 bits per heavy atom. The summed E-state index contributed by atoms with van der Waals surface area (Å²) in [6.45, 7) is 2.00. The van der Waals surface area contributed by atoms with Crippen molar-refractivity contribution in [2.75, 3.05) is 17.8 Å². The van der Waals surface area contributed by atoms with Crippen molar-refractivity contribution in [3.8, 4) is 0 Å². The second-order valence-electron chi connectivity index (χ2n) is 5.19. The van der Waals surface area contributed by atoms with E-state index in [2.05, 4.69) is 17.9 Å². The van der Waals surface area contributed by atoms with Crippen molar-refractivity contribution < 1.29 is 14.7 Å². The van der Waals surface area contributed by atoms with Crippen LogP contribution in [0.25, 0.3) is 0 Å². The van der Waals surface area contributed by atoms with E-state index in [0.717, 1.165) is 11.1 Å². The molecule has 0 radical (unpaired) electrons. The predicted octanol–water partition coefficient (Wildman–Crippen LogP) is 2.41. The van der Waals surface area contributed by atoms with E-state index in [1.807, 2.05) is 37.4 Å². The van der Waals surface area contributed by atoms with Gasteiger partial charge in [-0.15, -0.1) is 0 Å². The van der Waals surface area contributed by atoms with Crippen LogP contribution in [-0.4, -0.2) is 40.8 Å². The molecule has 1 aromatic rings. The standard InChI is InChI=1S/C16H23NO3S2/c1-11-5-3-4-6-12(11)9-13(10-21)15(18)17-14(16(19)20)7-8-22-2/h3-6,13-14,21H,7-10H2,1-2H3,(H,17,18)(H,19,20)/t13-,14?/m1/s1. The molecule has 0 heterocycles. The Labute approximate surface area is 141 Å². The maximum atomic E-state index is 12.3. The maximum absolute atomic E-state index is 12.3. The zero-order chi connectivity index (χ0) is 16.5. The smallest absolute Gasteiger partial charge is 0.326 e. The molecule has 0 aliphatic carbocycles. The lowest BCUT2D eigenvalue weighted by Crippen LogP contribution is -2.44. The Hall–Kier alpha value is -1.14. The van der Waals surface area contributed by atoms with Gasteiger partial charge in [-0.3, -0.25) is 4.79 Å². The van der Waals surface area contributed by atoms with Crippen molar-refractivity contribution in [2.45, 2.75) is 25.8 Å². The number of thiol groups is 1. The van der Waals surface area contributed by atoms with E-state index in [0.29, 0.717) is 24.3 Å². The highest BCUT2D eigenvalue weighted by Gasteiger charge is 2.24. The van der Waals surface area contributed by atoms with Crippen LogP contribution < -0.4 is 5.32 Å². The second-order valence-corrected chi connectivity index (χ2v) is 6.54. The van der Waals surface area contributed by atoms with Crippen LogP contribution in [0.2, 0.25) is 0 Å². The number of aryl methyl sites for hydroxylation is 1. The number of rotatable bonds is 9. The molecule has 0 fully saturated rings. The van der Waals surface area contributed by atoms with Crippen LogP contribution in [0, 0.1) is 12.8 Å². The van der Waals surface area contributed by atoms with Crippen molar-refractivity contribution in [1.29, 1.82) is 0 Å². The fourth-order valence-corrected chi connectivity index (χ4v) is 2.89. The lowest BCUT2D eigenvalue weighted by atomic mass is 9.96. The van der Waals surface area contributed by atoms with Crippen molar-refractivity contribution >= 4 is 36.3 Å². The van der Waals surface area contributed by atoms with E-state index in [9.17, 15) is 14.7 Å². The summed E-state index contributed by atoms with van der Waals surface area (Å²) in [6, 6.07) is 7.05. The van der Waals surface area contributed by atoms with Gasteiger partial charge < -0.3 is 10.4 Å². The average Bonchev–Trinajstić information content (AvgIpc) is 2.50. The molecular weight excluding hydrogens is 318 g/mol. The van der Waals surface area contributed by atoms with Crippen molar-refractivity contribution in [3.05, 3.63) is 35.4 Å². The summed E-state index contributed by atoms with van der Waals surface area (Å²) in [5, 5.41) is 11.8. The largest absolute Gasteiger partial charge is 0.480 e. The molecule has 4 nitrogen and oxygen atoms in total. The lowest BCUT2D eigenvalue weighted by Gasteiger charge is -2.19. The van der Waals surface area contributed by atoms with Gasteiger partial charge in [0.1, 0.15) is 6.04 Å². The fourth-order valence-electron chi connectivity index (χ4n) is 2.13. The van der Waals surface area contributed by atoms with Gasteiger partial charge in [0.05, 0.1) is 5.92 Å². The van der Waals surface area contributed by atoms with Crippen LogP contribution in [0.15, 0.2) is 24.3 Å². The zero-order valence-electron chi connectivity index (χ0n) is 12.9. The molecule has 122 valence electrons. The Kier molecular flexibility index (Phi) is 8.42. The number of amides is 1. The molecule has 0 bridgehead atoms. The Bertz CT molecular complexity index is 508. The highest BCUT2D eigenvalue weighted by molar-refractivity contribution is 7.98. The summed E-state index contributed by atoms with van der Waals surface area (Å²) in [4.78, 5) is 23.6. The lowest BCUT2D eigenvalue weighted by molar-refractivity contribution is -0.142. The average molecular weight is 341 g/mol. The van der Waals surface area contributed by atoms with Crippen molar-refractivity contribution in [3.63, 3.8) is 0 Å². The van der Waals surface area contributed by atoms with Crippen LogP contribution in [0.3, 0.4) is 0 Å². The molecule has 1 unspecified atom stereocenters. The van der Waals surface area contributed by atoms with Crippen molar-refractivity contribution in [2.24, 2.45) is 5.92 Å². The molecule has 1 rings (SSSR count). The third-order valence-electron chi connectivity index (χ3n) is 3.54. The number of thioether (sulfide) groups is 1. The molecule has 0 saturated carbocycles. The maximum Gasteiger partial charge on any atom is 0.326 e. The molecule has 0 aliphatic rings. The van der Waals surface area contributed by atoms with Gasteiger partial charge in [-0.2, -0.15) is 24.4 Å². The number of hydrogen-bond acceptors (Lipinski definition) is 4. The first-order valence-corrected chi connectivity index (χ1v) is 9.19. The first-order valence-electron chi connectivity index (χ1n) is 7.17. The number of benzene rings is 1. The normalized spacial score (nSPS) is 13.4. The topological polar surface area (TPSA) is 66.4 Å². The molecule has 22 heavy (non-hydrogen) atoms. The van der Waals surface area contributed by atoms with Gasteiger partial charge in [0.2, 0.25) is 5.91 Å². The first-order chi connectivity index (χ1) is 10.5. The molecule has 0 aromatic heterocycles. The minimum Gasteiger partial charge on any atom is -0.480 e. The van der Waals surface area contributed by atoms with Gasteiger partial charge >= 0.3 is 5.97 Å². The Balaban J connectivity index is 2.71. The number of carbonyl (C=O) groups is 2. The predicted molar refractivity (Wildman–Crippen MR) is 94.8 cm³/mol. The zero-order valence-corrected chi connectivity index (χ0v) is 14.6. The van der Waals surface area contributed by atoms with Crippen LogP contribution in [0.1, 0.15) is 17.5 Å². The van der Waals surface area contributed by atoms with Crippen molar-refractivity contribution in [1.82, 2.24) is 5.32 Å². The van der Waals surface area contributed by atoms with Crippen LogP contribution >= 0.6 is 24.4 Å². The summed E-state index contributed by atoms with van der Waals surface area (Å²) < 4.78 is 0. The second kappa shape index (κ2) is 9.79. The SMILES string of the molecule is CSCCC(NC(=O)[C@@H](CS)Cc1ccccc1C)C(=O)O. The number of carbonyl (C=O) groups excluding carboxylic acids is 1.